The smallest absolute Gasteiger partial charge is 0.325 e. The van der Waals surface area contributed by atoms with Crippen LogP contribution in [-0.2, 0) is 4.79 Å². The lowest BCUT2D eigenvalue weighted by atomic mass is 10.0. The van der Waals surface area contributed by atoms with Gasteiger partial charge in [-0.15, -0.1) is 11.3 Å². The molecule has 138 valence electrons. The number of rotatable bonds is 6. The van der Waals surface area contributed by atoms with Crippen LogP contribution in [0.4, 0.5) is 4.79 Å². The first-order valence-corrected chi connectivity index (χ1v) is 9.41. The molecule has 0 aromatic carbocycles. The number of aromatic nitrogens is 2. The Morgan fingerprint density at radius 3 is 2.69 bits per heavy atom. The van der Waals surface area contributed by atoms with Gasteiger partial charge in [0.25, 0.3) is 5.91 Å². The highest BCUT2D eigenvalue weighted by molar-refractivity contribution is 7.12. The molecule has 1 atom stereocenters. The van der Waals surface area contributed by atoms with E-state index >= 15 is 0 Å². The normalized spacial score (nSPS) is 17.3. The third-order valence-electron chi connectivity index (χ3n) is 4.46. The molecule has 1 saturated heterocycles. The number of aryl methyl sites for hydroxylation is 1. The molecule has 3 amide bonds. The quantitative estimate of drug-likeness (QED) is 0.622. The zero-order valence-corrected chi connectivity index (χ0v) is 16.1. The lowest BCUT2D eigenvalue weighted by Gasteiger charge is -2.13. The van der Waals surface area contributed by atoms with Crippen LogP contribution < -0.4 is 5.32 Å². The number of imide groups is 1. The van der Waals surface area contributed by atoms with Gasteiger partial charge in [-0.2, -0.15) is 0 Å². The minimum absolute atomic E-state index is 0.249. The van der Waals surface area contributed by atoms with E-state index in [1.807, 2.05) is 37.6 Å². The lowest BCUT2D eigenvalue weighted by Crippen LogP contribution is -2.36. The molecule has 0 aliphatic carbocycles. The first kappa shape index (κ1) is 18.3. The van der Waals surface area contributed by atoms with Crippen molar-refractivity contribution in [1.82, 2.24) is 19.8 Å². The fourth-order valence-corrected chi connectivity index (χ4v) is 4.00. The van der Waals surface area contributed by atoms with Gasteiger partial charge in [0.15, 0.2) is 10.9 Å². The van der Waals surface area contributed by atoms with Gasteiger partial charge >= 0.3 is 6.03 Å². The minimum Gasteiger partial charge on any atom is -0.326 e. The van der Waals surface area contributed by atoms with Gasteiger partial charge in [-0.1, -0.05) is 13.8 Å². The Labute approximate surface area is 156 Å². The number of thiazole rings is 1. The second-order valence-electron chi connectivity index (χ2n) is 6.91. The van der Waals surface area contributed by atoms with Crippen molar-refractivity contribution in [3.8, 4) is 5.13 Å². The molecule has 7 nitrogen and oxygen atoms in total. The number of hydrogen-bond acceptors (Lipinski definition) is 5. The summed E-state index contributed by atoms with van der Waals surface area (Å²) in [4.78, 5) is 42.6. The number of hydrogen-bond donors (Lipinski definition) is 1. The highest BCUT2D eigenvalue weighted by Crippen LogP contribution is 2.23. The van der Waals surface area contributed by atoms with Crippen molar-refractivity contribution < 1.29 is 14.4 Å². The fourth-order valence-electron chi connectivity index (χ4n) is 3.25. The van der Waals surface area contributed by atoms with Gasteiger partial charge < -0.3 is 5.32 Å². The number of amides is 3. The highest BCUT2D eigenvalue weighted by atomic mass is 32.1. The van der Waals surface area contributed by atoms with Crippen LogP contribution in [0.25, 0.3) is 5.13 Å². The molecule has 2 aromatic rings. The largest absolute Gasteiger partial charge is 0.326 e. The molecule has 3 rings (SSSR count). The average molecular weight is 374 g/mol. The Hall–Kier alpha value is -2.48. The molecule has 2 aromatic heterocycles. The van der Waals surface area contributed by atoms with Crippen LogP contribution in [0.3, 0.4) is 0 Å². The van der Waals surface area contributed by atoms with Gasteiger partial charge in [0.1, 0.15) is 6.04 Å². The van der Waals surface area contributed by atoms with E-state index in [4.69, 9.17) is 0 Å². The SMILES string of the molecule is Cc1cc(C(=O)CN2C(=O)N[C@H](CC(C)C)C2=O)c(C)n1-c1nccs1. The van der Waals surface area contributed by atoms with E-state index < -0.39 is 12.1 Å². The molecule has 1 aliphatic heterocycles. The van der Waals surface area contributed by atoms with E-state index in [-0.39, 0.29) is 24.2 Å². The van der Waals surface area contributed by atoms with Crippen molar-refractivity contribution in [1.29, 1.82) is 0 Å². The molecule has 26 heavy (non-hydrogen) atoms. The van der Waals surface area contributed by atoms with Crippen LogP contribution in [0.1, 0.15) is 42.0 Å². The number of carbonyl (C=O) groups excluding carboxylic acids is 3. The van der Waals surface area contributed by atoms with E-state index in [1.54, 1.807) is 12.3 Å². The summed E-state index contributed by atoms with van der Waals surface area (Å²) >= 11 is 1.48. The van der Waals surface area contributed by atoms with Crippen molar-refractivity contribution in [2.45, 2.75) is 40.2 Å². The maximum atomic E-state index is 12.8. The summed E-state index contributed by atoms with van der Waals surface area (Å²) in [5.74, 6) is -0.308. The number of urea groups is 1. The Morgan fingerprint density at radius 1 is 1.35 bits per heavy atom. The first-order chi connectivity index (χ1) is 12.3. The average Bonchev–Trinajstić information content (AvgIpc) is 3.23. The van der Waals surface area contributed by atoms with Gasteiger partial charge in [-0.3, -0.25) is 19.1 Å². The molecule has 0 radical (unpaired) electrons. The van der Waals surface area contributed by atoms with Gasteiger partial charge in [0.2, 0.25) is 0 Å². The van der Waals surface area contributed by atoms with Crippen molar-refractivity contribution in [3.63, 3.8) is 0 Å². The Morgan fingerprint density at radius 2 is 2.08 bits per heavy atom. The monoisotopic (exact) mass is 374 g/mol. The molecule has 8 heteroatoms. The van der Waals surface area contributed by atoms with Crippen LogP contribution >= 0.6 is 11.3 Å². The molecule has 0 saturated carbocycles. The maximum absolute atomic E-state index is 12.8. The fraction of sp³-hybridized carbons (Fsp3) is 0.444. The van der Waals surface area contributed by atoms with Crippen molar-refractivity contribution >= 4 is 29.1 Å². The summed E-state index contributed by atoms with van der Waals surface area (Å²) in [5.41, 5.74) is 2.15. The maximum Gasteiger partial charge on any atom is 0.325 e. The molecule has 0 spiro atoms. The van der Waals surface area contributed by atoms with Crippen LogP contribution in [-0.4, -0.2) is 44.8 Å². The summed E-state index contributed by atoms with van der Waals surface area (Å²) in [5, 5.41) is 5.32. The Balaban J connectivity index is 1.80. The van der Waals surface area contributed by atoms with Gasteiger partial charge in [0, 0.05) is 28.5 Å². The predicted octanol–water partition coefficient (Wildman–Crippen LogP) is 2.70. The second kappa shape index (κ2) is 7.03. The number of Topliss-reactive ketones (excluding diaryl/α,β-unsaturated/α-hetero) is 1. The number of carbonyl (C=O) groups is 3. The van der Waals surface area contributed by atoms with Crippen molar-refractivity contribution in [3.05, 3.63) is 34.6 Å². The highest BCUT2D eigenvalue weighted by Gasteiger charge is 2.39. The standard InChI is InChI=1S/C18H22N4O3S/c1-10(2)7-14-16(24)21(17(25)20-14)9-15(23)13-8-11(3)22(12(13)4)18-19-5-6-26-18/h5-6,8,10,14H,7,9H2,1-4H3,(H,20,25)/t14-/m1/s1. The molecule has 1 fully saturated rings. The molecule has 1 aliphatic rings. The molecule has 1 N–H and O–H groups in total. The van der Waals surface area contributed by atoms with Crippen molar-refractivity contribution in [2.75, 3.05) is 6.54 Å². The second-order valence-corrected chi connectivity index (χ2v) is 7.79. The summed E-state index contributed by atoms with van der Waals surface area (Å²) < 4.78 is 1.91. The van der Waals surface area contributed by atoms with Crippen LogP contribution in [0.2, 0.25) is 0 Å². The van der Waals surface area contributed by atoms with E-state index in [0.29, 0.717) is 12.0 Å². The molecular weight excluding hydrogens is 352 g/mol. The van der Waals surface area contributed by atoms with Gasteiger partial charge in [-0.05, 0) is 32.3 Å². The van der Waals surface area contributed by atoms with E-state index in [9.17, 15) is 14.4 Å². The van der Waals surface area contributed by atoms with E-state index in [1.165, 1.54) is 11.3 Å². The summed E-state index contributed by atoms with van der Waals surface area (Å²) in [6.45, 7) is 7.47. The molecular formula is C18H22N4O3S. The van der Waals surface area contributed by atoms with Gasteiger partial charge in [0.05, 0.1) is 6.54 Å². The van der Waals surface area contributed by atoms with Crippen LogP contribution in [0.15, 0.2) is 17.6 Å². The summed E-state index contributed by atoms with van der Waals surface area (Å²) in [6.07, 6.45) is 2.27. The summed E-state index contributed by atoms with van der Waals surface area (Å²) in [7, 11) is 0. The Bertz CT molecular complexity index is 854. The van der Waals surface area contributed by atoms with E-state index in [2.05, 4.69) is 10.3 Å². The van der Waals surface area contributed by atoms with E-state index in [0.717, 1.165) is 21.4 Å². The zero-order chi connectivity index (χ0) is 19.0. The number of nitrogens with zero attached hydrogens (tertiary/aromatic N) is 3. The first-order valence-electron chi connectivity index (χ1n) is 8.53. The molecule has 3 heterocycles. The lowest BCUT2D eigenvalue weighted by molar-refractivity contribution is -0.127. The molecule has 0 bridgehead atoms. The minimum atomic E-state index is -0.543. The number of nitrogens with one attached hydrogen (secondary N) is 1. The predicted molar refractivity (Wildman–Crippen MR) is 98.7 cm³/mol. The molecule has 0 unspecified atom stereocenters. The van der Waals surface area contributed by atoms with Crippen molar-refractivity contribution in [2.24, 2.45) is 5.92 Å². The van der Waals surface area contributed by atoms with Crippen LogP contribution in [0.5, 0.6) is 0 Å². The topological polar surface area (TPSA) is 84.3 Å². The zero-order valence-electron chi connectivity index (χ0n) is 15.3. The third-order valence-corrected chi connectivity index (χ3v) is 5.21. The third kappa shape index (κ3) is 3.29. The van der Waals surface area contributed by atoms with Gasteiger partial charge in [-0.25, -0.2) is 9.78 Å². The summed E-state index contributed by atoms with van der Waals surface area (Å²) in [6, 6.07) is 0.740. The number of ketones is 1. The van der Waals surface area contributed by atoms with Crippen LogP contribution in [0, 0.1) is 19.8 Å². The Kier molecular flexibility index (Phi) is 4.95.